The highest BCUT2D eigenvalue weighted by Crippen LogP contribution is 2.22. The zero-order valence-electron chi connectivity index (χ0n) is 8.14. The van der Waals surface area contributed by atoms with Crippen LogP contribution in [-0.4, -0.2) is 23.6 Å². The van der Waals surface area contributed by atoms with Crippen molar-refractivity contribution in [3.63, 3.8) is 0 Å². The molecule has 2 rings (SSSR count). The summed E-state index contributed by atoms with van der Waals surface area (Å²) in [7, 11) is 2.01. The molecule has 1 unspecified atom stereocenters. The van der Waals surface area contributed by atoms with Gasteiger partial charge in [-0.25, -0.2) is 0 Å². The van der Waals surface area contributed by atoms with Gasteiger partial charge in [0.2, 0.25) is 0 Å². The van der Waals surface area contributed by atoms with Crippen molar-refractivity contribution in [2.45, 2.75) is 6.17 Å². The summed E-state index contributed by atoms with van der Waals surface area (Å²) in [4.78, 5) is 2.08. The molecule has 1 aromatic rings. The molecule has 0 bridgehead atoms. The molecule has 0 saturated heterocycles. The Bertz CT molecular complexity index is 349. The molecule has 2 N–H and O–H groups in total. The van der Waals surface area contributed by atoms with Crippen LogP contribution in [0.5, 0.6) is 5.75 Å². The number of phenolic OH excluding ortho intramolecular Hbond substituents is 1. The Morgan fingerprint density at radius 1 is 1.50 bits per heavy atom. The number of rotatable bonds is 1. The van der Waals surface area contributed by atoms with Crippen molar-refractivity contribution in [3.05, 3.63) is 42.1 Å². The number of benzene rings is 1. The van der Waals surface area contributed by atoms with Gasteiger partial charge in [0, 0.05) is 13.6 Å². The van der Waals surface area contributed by atoms with Crippen molar-refractivity contribution in [1.29, 1.82) is 0 Å². The molecule has 74 valence electrons. The van der Waals surface area contributed by atoms with Crippen LogP contribution in [0.25, 0.3) is 0 Å². The lowest BCUT2D eigenvalue weighted by atomic mass is 10.1. The van der Waals surface area contributed by atoms with Crippen LogP contribution in [0.4, 0.5) is 0 Å². The van der Waals surface area contributed by atoms with Crippen molar-refractivity contribution in [2.75, 3.05) is 13.6 Å². The van der Waals surface area contributed by atoms with Gasteiger partial charge in [-0.3, -0.25) is 5.32 Å². The molecule has 1 atom stereocenters. The summed E-state index contributed by atoms with van der Waals surface area (Å²) in [6.07, 6.45) is 4.27. The topological polar surface area (TPSA) is 35.5 Å². The van der Waals surface area contributed by atoms with E-state index < -0.39 is 0 Å². The van der Waals surface area contributed by atoms with Crippen LogP contribution in [0.15, 0.2) is 36.5 Å². The maximum absolute atomic E-state index is 9.37. The average Bonchev–Trinajstić information content (AvgIpc) is 2.18. The lowest BCUT2D eigenvalue weighted by Crippen LogP contribution is -2.36. The number of nitrogens with one attached hydrogen (secondary N) is 1. The summed E-state index contributed by atoms with van der Waals surface area (Å²) in [5, 5.41) is 12.7. The molecule has 0 spiro atoms. The van der Waals surface area contributed by atoms with Crippen molar-refractivity contribution < 1.29 is 5.11 Å². The van der Waals surface area contributed by atoms with Gasteiger partial charge in [0.05, 0.1) is 0 Å². The van der Waals surface area contributed by atoms with E-state index in [2.05, 4.69) is 16.3 Å². The van der Waals surface area contributed by atoms with Crippen LogP contribution in [0.3, 0.4) is 0 Å². The monoisotopic (exact) mass is 190 g/mol. The summed E-state index contributed by atoms with van der Waals surface area (Å²) in [6.45, 7) is 0.866. The molecule has 14 heavy (non-hydrogen) atoms. The summed E-state index contributed by atoms with van der Waals surface area (Å²) >= 11 is 0. The lowest BCUT2D eigenvalue weighted by Gasteiger charge is -2.31. The predicted molar refractivity (Wildman–Crippen MR) is 55.8 cm³/mol. The van der Waals surface area contributed by atoms with Gasteiger partial charge in [-0.05, 0) is 23.9 Å². The Kier molecular flexibility index (Phi) is 2.41. The standard InChI is InChI=1S/C11H14N2O/c1-13-7-3-6-12-11(13)9-4-2-5-10(14)8-9/h2-5,7-8,11-12,14H,6H2,1H3. The van der Waals surface area contributed by atoms with Crippen LogP contribution in [0.2, 0.25) is 0 Å². The fraction of sp³-hybridized carbons (Fsp3) is 0.273. The Hall–Kier alpha value is -1.48. The molecule has 1 aliphatic rings. The number of hydrogen-bond donors (Lipinski definition) is 2. The van der Waals surface area contributed by atoms with E-state index >= 15 is 0 Å². The highest BCUT2D eigenvalue weighted by molar-refractivity contribution is 5.29. The van der Waals surface area contributed by atoms with E-state index in [1.165, 1.54) is 0 Å². The van der Waals surface area contributed by atoms with E-state index in [1.54, 1.807) is 12.1 Å². The Morgan fingerprint density at radius 3 is 3.07 bits per heavy atom. The van der Waals surface area contributed by atoms with Gasteiger partial charge in [-0.1, -0.05) is 18.2 Å². The highest BCUT2D eigenvalue weighted by atomic mass is 16.3. The molecule has 1 heterocycles. The second-order valence-corrected chi connectivity index (χ2v) is 3.46. The first kappa shape index (κ1) is 9.09. The normalized spacial score (nSPS) is 21.2. The lowest BCUT2D eigenvalue weighted by molar-refractivity contribution is 0.273. The van der Waals surface area contributed by atoms with Gasteiger partial charge in [0.25, 0.3) is 0 Å². The Morgan fingerprint density at radius 2 is 2.36 bits per heavy atom. The Labute approximate surface area is 83.7 Å². The molecule has 0 aliphatic carbocycles. The average molecular weight is 190 g/mol. The van der Waals surface area contributed by atoms with E-state index in [1.807, 2.05) is 25.4 Å². The predicted octanol–water partition coefficient (Wildman–Crippen LogP) is 1.44. The molecule has 3 heteroatoms. The quantitative estimate of drug-likeness (QED) is 0.703. The fourth-order valence-corrected chi connectivity index (χ4v) is 1.68. The van der Waals surface area contributed by atoms with Crippen LogP contribution in [0, 0.1) is 0 Å². The van der Waals surface area contributed by atoms with Gasteiger partial charge >= 0.3 is 0 Å². The van der Waals surface area contributed by atoms with Crippen molar-refractivity contribution >= 4 is 0 Å². The first-order valence-electron chi connectivity index (χ1n) is 4.68. The third-order valence-electron chi connectivity index (χ3n) is 2.36. The van der Waals surface area contributed by atoms with Crippen molar-refractivity contribution in [3.8, 4) is 5.75 Å². The summed E-state index contributed by atoms with van der Waals surface area (Å²) in [5.41, 5.74) is 1.08. The van der Waals surface area contributed by atoms with E-state index in [-0.39, 0.29) is 6.17 Å². The zero-order valence-corrected chi connectivity index (χ0v) is 8.14. The van der Waals surface area contributed by atoms with Gasteiger partial charge < -0.3 is 10.0 Å². The van der Waals surface area contributed by atoms with Gasteiger partial charge in [-0.2, -0.15) is 0 Å². The largest absolute Gasteiger partial charge is 0.508 e. The molecule has 1 aromatic carbocycles. The number of nitrogens with zero attached hydrogens (tertiary/aromatic N) is 1. The molecule has 3 nitrogen and oxygen atoms in total. The van der Waals surface area contributed by atoms with E-state index in [0.717, 1.165) is 12.1 Å². The van der Waals surface area contributed by atoms with E-state index in [9.17, 15) is 5.11 Å². The van der Waals surface area contributed by atoms with Crippen LogP contribution in [0.1, 0.15) is 11.7 Å². The zero-order chi connectivity index (χ0) is 9.97. The number of hydrogen-bond acceptors (Lipinski definition) is 3. The van der Waals surface area contributed by atoms with E-state index in [0.29, 0.717) is 5.75 Å². The SMILES string of the molecule is CN1C=CCNC1c1cccc(O)c1. The van der Waals surface area contributed by atoms with Gasteiger partial charge in [-0.15, -0.1) is 0 Å². The first-order chi connectivity index (χ1) is 6.77. The number of aromatic hydroxyl groups is 1. The molecular weight excluding hydrogens is 176 g/mol. The fourth-order valence-electron chi connectivity index (χ4n) is 1.68. The van der Waals surface area contributed by atoms with E-state index in [4.69, 9.17) is 0 Å². The third-order valence-corrected chi connectivity index (χ3v) is 2.36. The molecular formula is C11H14N2O. The summed E-state index contributed by atoms with van der Waals surface area (Å²) < 4.78 is 0. The Balaban J connectivity index is 2.26. The second-order valence-electron chi connectivity index (χ2n) is 3.46. The molecule has 0 fully saturated rings. The first-order valence-corrected chi connectivity index (χ1v) is 4.68. The molecule has 0 aromatic heterocycles. The van der Waals surface area contributed by atoms with Crippen molar-refractivity contribution in [1.82, 2.24) is 10.2 Å². The van der Waals surface area contributed by atoms with Crippen LogP contribution >= 0.6 is 0 Å². The molecule has 0 saturated carbocycles. The minimum absolute atomic E-state index is 0.159. The summed E-state index contributed by atoms with van der Waals surface area (Å²) in [5.74, 6) is 0.312. The number of phenols is 1. The van der Waals surface area contributed by atoms with Crippen LogP contribution < -0.4 is 5.32 Å². The minimum atomic E-state index is 0.159. The maximum atomic E-state index is 9.37. The highest BCUT2D eigenvalue weighted by Gasteiger charge is 2.15. The third kappa shape index (κ3) is 1.72. The minimum Gasteiger partial charge on any atom is -0.508 e. The smallest absolute Gasteiger partial charge is 0.115 e. The van der Waals surface area contributed by atoms with Gasteiger partial charge in [0.15, 0.2) is 0 Å². The molecule has 0 amide bonds. The van der Waals surface area contributed by atoms with Crippen molar-refractivity contribution in [2.24, 2.45) is 0 Å². The molecule has 1 aliphatic heterocycles. The molecule has 0 radical (unpaired) electrons. The summed E-state index contributed by atoms with van der Waals surface area (Å²) in [6, 6.07) is 7.33. The second kappa shape index (κ2) is 3.72. The van der Waals surface area contributed by atoms with Crippen LogP contribution in [-0.2, 0) is 0 Å². The maximum Gasteiger partial charge on any atom is 0.115 e. The van der Waals surface area contributed by atoms with Gasteiger partial charge in [0.1, 0.15) is 11.9 Å².